The van der Waals surface area contributed by atoms with Gasteiger partial charge in [-0.2, -0.15) is 0 Å². The highest BCUT2D eigenvalue weighted by atomic mass is 35.7. The topological polar surface area (TPSA) is 159 Å². The van der Waals surface area contributed by atoms with Crippen LogP contribution in [0.4, 0.5) is 5.69 Å². The molecular weight excluding hydrogens is 559 g/mol. The zero-order chi connectivity index (χ0) is 28.9. The Morgan fingerprint density at radius 1 is 0.650 bits per heavy atom. The van der Waals surface area contributed by atoms with Crippen LogP contribution in [0.25, 0.3) is 39.3 Å². The van der Waals surface area contributed by atoms with E-state index >= 15 is 0 Å². The predicted octanol–water partition coefficient (Wildman–Crippen LogP) is 2.48. The minimum absolute atomic E-state index is 0.0909. The summed E-state index contributed by atoms with van der Waals surface area (Å²) >= 11 is 6.27. The summed E-state index contributed by atoms with van der Waals surface area (Å²) < 4.78 is 35.8. The van der Waals surface area contributed by atoms with Gasteiger partial charge in [0.05, 0.1) is 16.0 Å². The lowest BCUT2D eigenvalue weighted by molar-refractivity contribution is -2.00. The van der Waals surface area contributed by atoms with Crippen LogP contribution in [0, 0.1) is 20.4 Å². The molecule has 0 saturated carbocycles. The Morgan fingerprint density at radius 2 is 1.05 bits per heavy atom. The summed E-state index contributed by atoms with van der Waals surface area (Å²) in [6.07, 6.45) is 0. The molecule has 0 aliphatic heterocycles. The highest BCUT2D eigenvalue weighted by molar-refractivity contribution is 6.32. The lowest BCUT2D eigenvalue weighted by Gasteiger charge is -2.17. The SMILES string of the molecule is O=[N+]([O-])c1cc(Cl)c(O)c(-[n+]2c(-c3ccccc3)cc(-c3ccccc3)cc2-c2ccccc2)c1.[O-][Cl+3]([O-])([O-])[O-]. The number of aromatic hydroxyl groups is 1. The van der Waals surface area contributed by atoms with Gasteiger partial charge in [0.25, 0.3) is 11.4 Å². The van der Waals surface area contributed by atoms with Crippen LogP contribution in [-0.4, -0.2) is 10.0 Å². The van der Waals surface area contributed by atoms with E-state index < -0.39 is 15.2 Å². The summed E-state index contributed by atoms with van der Waals surface area (Å²) in [4.78, 5) is 11.1. The van der Waals surface area contributed by atoms with Crippen LogP contribution < -0.4 is 23.2 Å². The van der Waals surface area contributed by atoms with E-state index in [1.807, 2.05) is 108 Å². The Labute approximate surface area is 235 Å². The zero-order valence-electron chi connectivity index (χ0n) is 20.5. The third-order valence-electron chi connectivity index (χ3n) is 5.79. The molecule has 0 radical (unpaired) electrons. The van der Waals surface area contributed by atoms with Crippen molar-refractivity contribution in [3.8, 4) is 45.1 Å². The molecule has 5 rings (SSSR count). The molecule has 1 heterocycles. The summed E-state index contributed by atoms with van der Waals surface area (Å²) in [6, 6.07) is 35.9. The Bertz CT molecular complexity index is 1560. The summed E-state index contributed by atoms with van der Waals surface area (Å²) in [5, 5.41) is 22.6. The molecule has 0 unspecified atom stereocenters. The van der Waals surface area contributed by atoms with E-state index in [0.717, 1.165) is 39.7 Å². The molecule has 0 amide bonds. The number of aromatic nitrogens is 1. The molecule has 9 nitrogen and oxygen atoms in total. The average Bonchev–Trinajstić information content (AvgIpc) is 2.94. The van der Waals surface area contributed by atoms with E-state index in [0.29, 0.717) is 0 Å². The number of nitro benzene ring substituents is 1. The number of benzene rings is 4. The maximum Gasteiger partial charge on any atom is 0.277 e. The van der Waals surface area contributed by atoms with Crippen LogP contribution in [0.5, 0.6) is 5.75 Å². The van der Waals surface area contributed by atoms with Gasteiger partial charge in [0, 0.05) is 29.3 Å². The van der Waals surface area contributed by atoms with Gasteiger partial charge >= 0.3 is 0 Å². The van der Waals surface area contributed by atoms with Crippen LogP contribution in [0.2, 0.25) is 5.02 Å². The molecule has 202 valence electrons. The number of hydrogen-bond acceptors (Lipinski definition) is 7. The van der Waals surface area contributed by atoms with Crippen molar-refractivity contribution in [3.05, 3.63) is 130 Å². The molecule has 0 fully saturated rings. The lowest BCUT2D eigenvalue weighted by Crippen LogP contribution is -2.68. The number of pyridine rings is 1. The first-order chi connectivity index (χ1) is 19.0. The van der Waals surface area contributed by atoms with E-state index in [4.69, 9.17) is 30.2 Å². The van der Waals surface area contributed by atoms with Gasteiger partial charge in [0.15, 0.2) is 0 Å². The Morgan fingerprint density at radius 3 is 1.45 bits per heavy atom. The third kappa shape index (κ3) is 6.99. The van der Waals surface area contributed by atoms with Gasteiger partial charge in [-0.15, -0.1) is 14.8 Å². The van der Waals surface area contributed by atoms with Gasteiger partial charge in [-0.05, 0) is 35.4 Å². The molecule has 0 aliphatic rings. The molecule has 0 spiro atoms. The summed E-state index contributed by atoms with van der Waals surface area (Å²) in [5.74, 6) is -0.232. The number of nitrogens with zero attached hydrogens (tertiary/aromatic N) is 2. The van der Waals surface area contributed by atoms with Gasteiger partial charge in [0.1, 0.15) is 0 Å². The molecule has 5 aromatic rings. The van der Waals surface area contributed by atoms with Crippen molar-refractivity contribution in [2.75, 3.05) is 0 Å². The maximum atomic E-state index is 11.7. The lowest BCUT2D eigenvalue weighted by atomic mass is 9.98. The van der Waals surface area contributed by atoms with Crippen LogP contribution in [0.3, 0.4) is 0 Å². The van der Waals surface area contributed by atoms with Gasteiger partial charge in [-0.1, -0.05) is 78.3 Å². The molecule has 11 heteroatoms. The highest BCUT2D eigenvalue weighted by Crippen LogP contribution is 2.36. The fourth-order valence-corrected chi connectivity index (χ4v) is 4.35. The maximum absolute atomic E-state index is 11.7. The minimum Gasteiger partial charge on any atom is -0.501 e. The largest absolute Gasteiger partial charge is 0.501 e. The van der Waals surface area contributed by atoms with Gasteiger partial charge in [-0.3, -0.25) is 10.1 Å². The summed E-state index contributed by atoms with van der Waals surface area (Å²) in [7, 11) is -4.94. The Hall–Kier alpha value is -4.35. The van der Waals surface area contributed by atoms with E-state index in [9.17, 15) is 15.2 Å². The van der Waals surface area contributed by atoms with Crippen molar-refractivity contribution in [1.82, 2.24) is 0 Å². The number of hydrogen-bond donors (Lipinski definition) is 1. The van der Waals surface area contributed by atoms with E-state index in [2.05, 4.69) is 0 Å². The molecule has 0 aliphatic carbocycles. The molecule has 40 heavy (non-hydrogen) atoms. The standard InChI is InChI=1S/C29H19ClN2O3.ClHO4/c30-25-18-24(32(34)35)19-28(29(25)33)31-26(21-12-6-2-7-13-21)16-23(20-10-4-1-5-11-20)17-27(31)22-14-8-3-9-15-22;2-1(3,4)5/h1-19H;(H,2,3,4,5). The number of halogens is 2. The van der Waals surface area contributed by atoms with Crippen LogP contribution in [-0.2, 0) is 0 Å². The summed E-state index contributed by atoms with van der Waals surface area (Å²) in [6.45, 7) is 0. The van der Waals surface area contributed by atoms with Crippen molar-refractivity contribution in [3.63, 3.8) is 0 Å². The summed E-state index contributed by atoms with van der Waals surface area (Å²) in [5.41, 5.74) is 5.26. The van der Waals surface area contributed by atoms with Gasteiger partial charge in [0.2, 0.25) is 17.1 Å². The molecule has 0 bridgehead atoms. The molecule has 0 atom stereocenters. The molecule has 1 N–H and O–H groups in total. The van der Waals surface area contributed by atoms with Crippen molar-refractivity contribution in [2.45, 2.75) is 0 Å². The third-order valence-corrected chi connectivity index (χ3v) is 6.08. The van der Waals surface area contributed by atoms with E-state index in [-0.39, 0.29) is 22.1 Å². The van der Waals surface area contributed by atoms with Crippen molar-refractivity contribution >= 4 is 17.3 Å². The smallest absolute Gasteiger partial charge is 0.277 e. The van der Waals surface area contributed by atoms with Crippen LogP contribution in [0.15, 0.2) is 115 Å². The van der Waals surface area contributed by atoms with Crippen LogP contribution >= 0.6 is 11.6 Å². The number of rotatable bonds is 5. The molecule has 4 aromatic carbocycles. The first-order valence-electron chi connectivity index (χ1n) is 11.6. The van der Waals surface area contributed by atoms with E-state index in [1.165, 1.54) is 6.07 Å². The number of non-ortho nitro benzene ring substituents is 1. The average molecular weight is 579 g/mol. The van der Waals surface area contributed by atoms with Crippen LogP contribution in [0.1, 0.15) is 0 Å². The monoisotopic (exact) mass is 578 g/mol. The molecule has 1 aromatic heterocycles. The van der Waals surface area contributed by atoms with Crippen molar-refractivity contribution < 1.29 is 43.5 Å². The quantitative estimate of drug-likeness (QED) is 0.190. The minimum atomic E-state index is -4.94. The highest BCUT2D eigenvalue weighted by Gasteiger charge is 2.30. The number of nitro groups is 1. The normalized spacial score (nSPS) is 10.9. The molecule has 0 saturated heterocycles. The van der Waals surface area contributed by atoms with Gasteiger partial charge < -0.3 is 5.11 Å². The first kappa shape index (κ1) is 28.7. The number of phenolic OH excluding ortho intramolecular Hbond substituents is 1. The fourth-order valence-electron chi connectivity index (χ4n) is 4.14. The second kappa shape index (κ2) is 12.2. The van der Waals surface area contributed by atoms with Crippen molar-refractivity contribution in [2.24, 2.45) is 0 Å². The zero-order valence-corrected chi connectivity index (χ0v) is 22.0. The Balaban J connectivity index is 0.000000681. The fraction of sp³-hybridized carbons (Fsp3) is 0. The predicted molar refractivity (Wildman–Crippen MR) is 138 cm³/mol. The first-order valence-corrected chi connectivity index (χ1v) is 13.2. The molecular formula is C29H20Cl2N2O7. The second-order valence-electron chi connectivity index (χ2n) is 8.38. The van der Waals surface area contributed by atoms with Crippen molar-refractivity contribution in [1.29, 1.82) is 0 Å². The van der Waals surface area contributed by atoms with E-state index in [1.54, 1.807) is 0 Å². The second-order valence-corrected chi connectivity index (χ2v) is 9.54. The van der Waals surface area contributed by atoms with Gasteiger partial charge in [-0.25, -0.2) is 18.6 Å². The number of phenols is 1. The Kier molecular flexibility index (Phi) is 8.76.